The summed E-state index contributed by atoms with van der Waals surface area (Å²) >= 11 is 0. The van der Waals surface area contributed by atoms with Crippen molar-refractivity contribution in [2.24, 2.45) is 0 Å². The minimum atomic E-state index is 0.763. The standard InChI is InChI=1S/C14H17NO2/c1-17-10-3-2-8-15-9-7-12-5-4-6-13(11-16)14(12)15/h4-7,9,11H,2-3,8,10H2,1H3. The number of carbonyl (C=O) groups excluding carboxylic acids is 1. The number of unbranched alkanes of at least 4 members (excludes halogenated alkanes) is 1. The molecule has 0 amide bonds. The van der Waals surface area contributed by atoms with E-state index in [1.807, 2.05) is 24.4 Å². The molecule has 0 spiro atoms. The summed E-state index contributed by atoms with van der Waals surface area (Å²) in [4.78, 5) is 11.0. The van der Waals surface area contributed by atoms with Crippen LogP contribution in [0.15, 0.2) is 30.5 Å². The summed E-state index contributed by atoms with van der Waals surface area (Å²) in [6.45, 7) is 1.72. The highest BCUT2D eigenvalue weighted by molar-refractivity contribution is 5.96. The van der Waals surface area contributed by atoms with Crippen molar-refractivity contribution in [1.82, 2.24) is 4.57 Å². The zero-order valence-corrected chi connectivity index (χ0v) is 10.1. The fraction of sp³-hybridized carbons (Fsp3) is 0.357. The van der Waals surface area contributed by atoms with Crippen molar-refractivity contribution in [2.75, 3.05) is 13.7 Å². The maximum Gasteiger partial charge on any atom is 0.152 e. The van der Waals surface area contributed by atoms with Crippen LogP contribution >= 0.6 is 0 Å². The third-order valence-electron chi connectivity index (χ3n) is 2.94. The van der Waals surface area contributed by atoms with Crippen molar-refractivity contribution in [1.29, 1.82) is 0 Å². The molecule has 0 aliphatic rings. The van der Waals surface area contributed by atoms with Crippen LogP contribution in [0.25, 0.3) is 10.9 Å². The molecule has 0 atom stereocenters. The Morgan fingerprint density at radius 3 is 2.94 bits per heavy atom. The average molecular weight is 231 g/mol. The normalized spacial score (nSPS) is 10.9. The highest BCUT2D eigenvalue weighted by Crippen LogP contribution is 2.19. The lowest BCUT2D eigenvalue weighted by atomic mass is 10.1. The molecule has 2 rings (SSSR count). The van der Waals surface area contributed by atoms with Gasteiger partial charge in [-0.25, -0.2) is 0 Å². The van der Waals surface area contributed by atoms with E-state index in [0.717, 1.165) is 48.7 Å². The molecule has 0 saturated heterocycles. The van der Waals surface area contributed by atoms with Crippen molar-refractivity contribution in [2.45, 2.75) is 19.4 Å². The predicted molar refractivity (Wildman–Crippen MR) is 68.4 cm³/mol. The highest BCUT2D eigenvalue weighted by Gasteiger charge is 2.05. The third-order valence-corrected chi connectivity index (χ3v) is 2.94. The van der Waals surface area contributed by atoms with E-state index >= 15 is 0 Å². The van der Waals surface area contributed by atoms with E-state index in [9.17, 15) is 4.79 Å². The molecule has 1 aromatic heterocycles. The SMILES string of the molecule is COCCCCn1ccc2cccc(C=O)c21. The van der Waals surface area contributed by atoms with E-state index in [0.29, 0.717) is 0 Å². The Bertz CT molecular complexity index is 502. The number of carbonyl (C=O) groups is 1. The molecular formula is C14H17NO2. The Kier molecular flexibility index (Phi) is 3.94. The number of hydrogen-bond donors (Lipinski definition) is 0. The van der Waals surface area contributed by atoms with E-state index in [-0.39, 0.29) is 0 Å². The molecule has 3 nitrogen and oxygen atoms in total. The van der Waals surface area contributed by atoms with E-state index in [1.165, 1.54) is 0 Å². The Hall–Kier alpha value is -1.61. The minimum absolute atomic E-state index is 0.763. The molecule has 2 aromatic rings. The zero-order valence-electron chi connectivity index (χ0n) is 10.1. The number of nitrogens with zero attached hydrogens (tertiary/aromatic N) is 1. The quantitative estimate of drug-likeness (QED) is 0.565. The summed E-state index contributed by atoms with van der Waals surface area (Å²) in [6.07, 6.45) is 5.07. The van der Waals surface area contributed by atoms with E-state index in [2.05, 4.69) is 10.6 Å². The minimum Gasteiger partial charge on any atom is -0.385 e. The number of rotatable bonds is 6. The third kappa shape index (κ3) is 2.56. The maximum atomic E-state index is 11.0. The van der Waals surface area contributed by atoms with Crippen molar-refractivity contribution in [3.63, 3.8) is 0 Å². The summed E-state index contributed by atoms with van der Waals surface area (Å²) < 4.78 is 7.18. The molecule has 0 unspecified atom stereocenters. The van der Waals surface area contributed by atoms with E-state index in [4.69, 9.17) is 4.74 Å². The van der Waals surface area contributed by atoms with E-state index in [1.54, 1.807) is 7.11 Å². The van der Waals surface area contributed by atoms with Crippen molar-refractivity contribution >= 4 is 17.2 Å². The number of para-hydroxylation sites is 1. The van der Waals surface area contributed by atoms with Crippen LogP contribution in [-0.2, 0) is 11.3 Å². The molecule has 0 radical (unpaired) electrons. The van der Waals surface area contributed by atoms with Gasteiger partial charge in [-0.2, -0.15) is 0 Å². The van der Waals surface area contributed by atoms with Gasteiger partial charge in [0.2, 0.25) is 0 Å². The monoisotopic (exact) mass is 231 g/mol. The Labute approximate surface area is 101 Å². The van der Waals surface area contributed by atoms with Gasteiger partial charge in [0.1, 0.15) is 0 Å². The van der Waals surface area contributed by atoms with Gasteiger partial charge < -0.3 is 9.30 Å². The first-order valence-electron chi connectivity index (χ1n) is 5.89. The molecule has 0 aliphatic carbocycles. The fourth-order valence-electron chi connectivity index (χ4n) is 2.10. The lowest BCUT2D eigenvalue weighted by Crippen LogP contribution is -2.00. The van der Waals surface area contributed by atoms with Gasteiger partial charge in [0.25, 0.3) is 0 Å². The number of aryl methyl sites for hydroxylation is 1. The Balaban J connectivity index is 2.19. The van der Waals surface area contributed by atoms with Gasteiger partial charge in [0.05, 0.1) is 5.52 Å². The molecule has 0 aliphatic heterocycles. The number of aromatic nitrogens is 1. The van der Waals surface area contributed by atoms with Gasteiger partial charge >= 0.3 is 0 Å². The number of methoxy groups -OCH3 is 1. The Morgan fingerprint density at radius 2 is 2.18 bits per heavy atom. The summed E-state index contributed by atoms with van der Waals surface area (Å²) in [6, 6.07) is 7.87. The molecular weight excluding hydrogens is 214 g/mol. The molecule has 17 heavy (non-hydrogen) atoms. The number of aldehydes is 1. The van der Waals surface area contributed by atoms with Crippen LogP contribution in [0.2, 0.25) is 0 Å². The fourth-order valence-corrected chi connectivity index (χ4v) is 2.10. The first-order chi connectivity index (χ1) is 8.36. The van der Waals surface area contributed by atoms with Gasteiger partial charge in [-0.3, -0.25) is 4.79 Å². The lowest BCUT2D eigenvalue weighted by molar-refractivity contribution is 0.112. The topological polar surface area (TPSA) is 31.2 Å². The van der Waals surface area contributed by atoms with Crippen LogP contribution in [0, 0.1) is 0 Å². The molecule has 1 heterocycles. The number of hydrogen-bond acceptors (Lipinski definition) is 2. The van der Waals surface area contributed by atoms with Crippen LogP contribution in [0.1, 0.15) is 23.2 Å². The molecule has 0 bridgehead atoms. The van der Waals surface area contributed by atoms with Crippen LogP contribution in [-0.4, -0.2) is 24.6 Å². The summed E-state index contributed by atoms with van der Waals surface area (Å²) in [5.41, 5.74) is 1.80. The number of fused-ring (bicyclic) bond motifs is 1. The van der Waals surface area contributed by atoms with Gasteiger partial charge in [-0.15, -0.1) is 0 Å². The molecule has 0 saturated carbocycles. The largest absolute Gasteiger partial charge is 0.385 e. The first-order valence-corrected chi connectivity index (χ1v) is 5.89. The van der Waals surface area contributed by atoms with Gasteiger partial charge in [0.15, 0.2) is 6.29 Å². The van der Waals surface area contributed by atoms with Crippen molar-refractivity contribution in [3.8, 4) is 0 Å². The summed E-state index contributed by atoms with van der Waals surface area (Å²) in [7, 11) is 1.72. The van der Waals surface area contributed by atoms with Crippen molar-refractivity contribution in [3.05, 3.63) is 36.0 Å². The van der Waals surface area contributed by atoms with Crippen LogP contribution in [0.5, 0.6) is 0 Å². The molecule has 0 N–H and O–H groups in total. The molecule has 3 heteroatoms. The van der Waals surface area contributed by atoms with Crippen LogP contribution < -0.4 is 0 Å². The number of benzene rings is 1. The van der Waals surface area contributed by atoms with Crippen LogP contribution in [0.3, 0.4) is 0 Å². The number of ether oxygens (including phenoxy) is 1. The maximum absolute atomic E-state index is 11.0. The average Bonchev–Trinajstić information content (AvgIpc) is 2.78. The van der Waals surface area contributed by atoms with Gasteiger partial charge in [-0.1, -0.05) is 12.1 Å². The molecule has 90 valence electrons. The van der Waals surface area contributed by atoms with Gasteiger partial charge in [-0.05, 0) is 25.0 Å². The second-order valence-corrected chi connectivity index (χ2v) is 4.11. The van der Waals surface area contributed by atoms with Crippen molar-refractivity contribution < 1.29 is 9.53 Å². The summed E-state index contributed by atoms with van der Waals surface area (Å²) in [5, 5.41) is 1.13. The van der Waals surface area contributed by atoms with Crippen LogP contribution in [0.4, 0.5) is 0 Å². The highest BCUT2D eigenvalue weighted by atomic mass is 16.5. The Morgan fingerprint density at radius 1 is 1.29 bits per heavy atom. The first kappa shape index (κ1) is 11.9. The zero-order chi connectivity index (χ0) is 12.1. The summed E-state index contributed by atoms with van der Waals surface area (Å²) in [5.74, 6) is 0. The second-order valence-electron chi connectivity index (χ2n) is 4.11. The molecule has 0 fully saturated rings. The predicted octanol–water partition coefficient (Wildman–Crippen LogP) is 2.88. The molecule has 1 aromatic carbocycles. The van der Waals surface area contributed by atoms with E-state index < -0.39 is 0 Å². The van der Waals surface area contributed by atoms with Gasteiger partial charge in [0, 0.05) is 37.4 Å². The smallest absolute Gasteiger partial charge is 0.152 e. The lowest BCUT2D eigenvalue weighted by Gasteiger charge is -2.06. The second kappa shape index (κ2) is 5.64.